The highest BCUT2D eigenvalue weighted by Gasteiger charge is 2.37. The van der Waals surface area contributed by atoms with E-state index >= 15 is 0 Å². The second kappa shape index (κ2) is 9.86. The Kier molecular flexibility index (Phi) is 7.19. The summed E-state index contributed by atoms with van der Waals surface area (Å²) in [7, 11) is -3.59. The van der Waals surface area contributed by atoms with E-state index in [4.69, 9.17) is 16.0 Å². The summed E-state index contributed by atoms with van der Waals surface area (Å²) in [5, 5.41) is 0.534. The van der Waals surface area contributed by atoms with E-state index in [9.17, 15) is 8.42 Å². The third kappa shape index (κ3) is 5.28. The van der Waals surface area contributed by atoms with E-state index in [2.05, 4.69) is 9.62 Å². The summed E-state index contributed by atoms with van der Waals surface area (Å²) in [6.07, 6.45) is 11.9. The lowest BCUT2D eigenvalue weighted by Gasteiger charge is -2.45. The lowest BCUT2D eigenvalue weighted by Crippen LogP contribution is -2.56. The summed E-state index contributed by atoms with van der Waals surface area (Å²) in [5.41, 5.74) is 0. The minimum atomic E-state index is -3.59. The number of nitrogens with one attached hydrogen (secondary N) is 1. The zero-order chi connectivity index (χ0) is 21.0. The summed E-state index contributed by atoms with van der Waals surface area (Å²) in [4.78, 5) is 2.80. The zero-order valence-corrected chi connectivity index (χ0v) is 18.9. The van der Waals surface area contributed by atoms with Crippen molar-refractivity contribution < 1.29 is 12.8 Å². The molecule has 164 valence electrons. The van der Waals surface area contributed by atoms with Gasteiger partial charge in [-0.1, -0.05) is 43.7 Å². The van der Waals surface area contributed by atoms with E-state index in [0.717, 1.165) is 38.0 Å². The number of rotatable bonds is 7. The fraction of sp³-hybridized carbons (Fsp3) is 0.565. The third-order valence-corrected chi connectivity index (χ3v) is 8.31. The third-order valence-electron chi connectivity index (χ3n) is 6.55. The van der Waals surface area contributed by atoms with Gasteiger partial charge < -0.3 is 4.42 Å². The maximum Gasteiger partial charge on any atom is 0.240 e. The standard InChI is InChI=1S/C23H31ClN2O3S/c24-18-12-14-21(15-13-18)30(27,28)25-22-10-4-5-11-23(22)26(17-20-9-6-16-29-20)19-7-2-1-3-8-19/h6,9,12-16,19,22-23,25H,1-5,7-8,10-11,17H2/t22-,23+/m1/s1. The van der Waals surface area contributed by atoms with Crippen LogP contribution in [-0.2, 0) is 16.6 Å². The number of furan rings is 1. The molecule has 4 rings (SSSR count). The van der Waals surface area contributed by atoms with Gasteiger partial charge in [0.1, 0.15) is 5.76 Å². The number of hydrogen-bond acceptors (Lipinski definition) is 4. The van der Waals surface area contributed by atoms with Gasteiger partial charge in [-0.05, 0) is 62.1 Å². The molecule has 7 heteroatoms. The monoisotopic (exact) mass is 450 g/mol. The first kappa shape index (κ1) is 21.9. The first-order valence-electron chi connectivity index (χ1n) is 11.1. The van der Waals surface area contributed by atoms with Crippen LogP contribution in [0.3, 0.4) is 0 Å². The molecule has 2 aliphatic rings. The van der Waals surface area contributed by atoms with Crippen molar-refractivity contribution in [3.05, 3.63) is 53.4 Å². The van der Waals surface area contributed by atoms with Crippen LogP contribution in [0.4, 0.5) is 0 Å². The number of benzene rings is 1. The van der Waals surface area contributed by atoms with E-state index < -0.39 is 10.0 Å². The second-order valence-electron chi connectivity index (χ2n) is 8.58. The fourth-order valence-electron chi connectivity index (χ4n) is 5.04. The summed E-state index contributed by atoms with van der Waals surface area (Å²) in [5.74, 6) is 0.949. The molecule has 0 spiro atoms. The predicted octanol–water partition coefficient (Wildman–Crippen LogP) is 5.36. The van der Waals surface area contributed by atoms with Crippen molar-refractivity contribution in [3.63, 3.8) is 0 Å². The van der Waals surface area contributed by atoms with Gasteiger partial charge in [-0.15, -0.1) is 0 Å². The first-order valence-corrected chi connectivity index (χ1v) is 12.9. The number of nitrogens with zero attached hydrogens (tertiary/aromatic N) is 1. The molecular formula is C23H31ClN2O3S. The van der Waals surface area contributed by atoms with Crippen LogP contribution < -0.4 is 4.72 Å². The Balaban J connectivity index is 1.57. The normalized spacial score (nSPS) is 23.7. The molecule has 1 heterocycles. The molecule has 2 fully saturated rings. The van der Waals surface area contributed by atoms with Gasteiger partial charge in [-0.3, -0.25) is 4.90 Å². The van der Waals surface area contributed by atoms with Crippen molar-refractivity contribution in [2.75, 3.05) is 0 Å². The van der Waals surface area contributed by atoms with E-state index in [1.807, 2.05) is 12.1 Å². The molecule has 2 atom stereocenters. The highest BCUT2D eigenvalue weighted by atomic mass is 35.5. The molecule has 0 radical (unpaired) electrons. The van der Waals surface area contributed by atoms with Crippen LogP contribution in [0.1, 0.15) is 63.5 Å². The SMILES string of the molecule is O=S(=O)(N[C@@H]1CCCC[C@@H]1N(Cc1ccco1)C1CCCCC1)c1ccc(Cl)cc1. The molecular weight excluding hydrogens is 420 g/mol. The molecule has 2 aromatic rings. The topological polar surface area (TPSA) is 62.6 Å². The Morgan fingerprint density at radius 3 is 2.37 bits per heavy atom. The molecule has 2 saturated carbocycles. The predicted molar refractivity (Wildman–Crippen MR) is 119 cm³/mol. The molecule has 0 saturated heterocycles. The number of sulfonamides is 1. The lowest BCUT2D eigenvalue weighted by atomic mass is 9.86. The van der Waals surface area contributed by atoms with Crippen molar-refractivity contribution in [1.82, 2.24) is 9.62 Å². The molecule has 0 amide bonds. The second-order valence-corrected chi connectivity index (χ2v) is 10.7. The Morgan fingerprint density at radius 2 is 1.67 bits per heavy atom. The summed E-state index contributed by atoms with van der Waals surface area (Å²) >= 11 is 5.94. The number of halogens is 1. The average molecular weight is 451 g/mol. The molecule has 2 aliphatic carbocycles. The van der Waals surface area contributed by atoms with Gasteiger partial charge in [0, 0.05) is 23.1 Å². The maximum absolute atomic E-state index is 13.1. The maximum atomic E-state index is 13.1. The largest absolute Gasteiger partial charge is 0.468 e. The van der Waals surface area contributed by atoms with Gasteiger partial charge in [0.05, 0.1) is 17.7 Å². The molecule has 0 bridgehead atoms. The fourth-order valence-corrected chi connectivity index (χ4v) is 6.47. The van der Waals surface area contributed by atoms with Crippen LogP contribution in [-0.4, -0.2) is 31.4 Å². The molecule has 0 aliphatic heterocycles. The lowest BCUT2D eigenvalue weighted by molar-refractivity contribution is 0.0517. The molecule has 1 aromatic heterocycles. The Hall–Kier alpha value is -1.34. The summed E-state index contributed by atoms with van der Waals surface area (Å²) in [6.45, 7) is 0.738. The van der Waals surface area contributed by atoms with Gasteiger partial charge >= 0.3 is 0 Å². The number of hydrogen-bond donors (Lipinski definition) is 1. The molecule has 1 aromatic carbocycles. The first-order chi connectivity index (χ1) is 14.5. The van der Waals surface area contributed by atoms with Gasteiger partial charge in [-0.25, -0.2) is 13.1 Å². The van der Waals surface area contributed by atoms with Crippen molar-refractivity contribution in [3.8, 4) is 0 Å². The average Bonchev–Trinajstić information content (AvgIpc) is 3.27. The minimum absolute atomic E-state index is 0.101. The smallest absolute Gasteiger partial charge is 0.240 e. The molecule has 5 nitrogen and oxygen atoms in total. The van der Waals surface area contributed by atoms with Crippen LogP contribution in [0.25, 0.3) is 0 Å². The van der Waals surface area contributed by atoms with E-state index in [-0.39, 0.29) is 17.0 Å². The minimum Gasteiger partial charge on any atom is -0.468 e. The Bertz CT molecular complexity index is 893. The van der Waals surface area contributed by atoms with Crippen LogP contribution in [0, 0.1) is 0 Å². The zero-order valence-electron chi connectivity index (χ0n) is 17.3. The van der Waals surface area contributed by atoms with Crippen LogP contribution >= 0.6 is 11.6 Å². The highest BCUT2D eigenvalue weighted by Crippen LogP contribution is 2.32. The van der Waals surface area contributed by atoms with Crippen molar-refractivity contribution >= 4 is 21.6 Å². The van der Waals surface area contributed by atoms with Gasteiger partial charge in [0.2, 0.25) is 10.0 Å². The van der Waals surface area contributed by atoms with Crippen molar-refractivity contribution in [2.45, 2.75) is 87.4 Å². The van der Waals surface area contributed by atoms with Crippen LogP contribution in [0.2, 0.25) is 5.02 Å². The highest BCUT2D eigenvalue weighted by molar-refractivity contribution is 7.89. The van der Waals surface area contributed by atoms with Crippen LogP contribution in [0.15, 0.2) is 52.0 Å². The Morgan fingerprint density at radius 1 is 0.967 bits per heavy atom. The quantitative estimate of drug-likeness (QED) is 0.616. The van der Waals surface area contributed by atoms with E-state index in [0.29, 0.717) is 11.1 Å². The molecule has 1 N–H and O–H groups in total. The molecule has 30 heavy (non-hydrogen) atoms. The van der Waals surface area contributed by atoms with E-state index in [1.165, 1.54) is 32.1 Å². The van der Waals surface area contributed by atoms with Gasteiger partial charge in [-0.2, -0.15) is 0 Å². The molecule has 0 unspecified atom stereocenters. The summed E-state index contributed by atoms with van der Waals surface area (Å²) in [6, 6.07) is 10.9. The summed E-state index contributed by atoms with van der Waals surface area (Å²) < 4.78 is 34.9. The Labute approximate surface area is 184 Å². The van der Waals surface area contributed by atoms with Crippen molar-refractivity contribution in [1.29, 1.82) is 0 Å². The van der Waals surface area contributed by atoms with Crippen molar-refractivity contribution in [2.24, 2.45) is 0 Å². The van der Waals surface area contributed by atoms with Gasteiger partial charge in [0.25, 0.3) is 0 Å². The van der Waals surface area contributed by atoms with Crippen LogP contribution in [0.5, 0.6) is 0 Å². The van der Waals surface area contributed by atoms with Gasteiger partial charge in [0.15, 0.2) is 0 Å². The van der Waals surface area contributed by atoms with E-state index in [1.54, 1.807) is 30.5 Å².